The van der Waals surface area contributed by atoms with Crippen LogP contribution in [-0.2, 0) is 11.3 Å². The summed E-state index contributed by atoms with van der Waals surface area (Å²) in [5, 5.41) is 11.3. The Morgan fingerprint density at radius 2 is 2.05 bits per heavy atom. The van der Waals surface area contributed by atoms with Gasteiger partial charge in [0, 0.05) is 49.3 Å². The van der Waals surface area contributed by atoms with Crippen LogP contribution in [0.25, 0.3) is 10.9 Å². The van der Waals surface area contributed by atoms with E-state index in [2.05, 4.69) is 25.7 Å². The van der Waals surface area contributed by atoms with Crippen LogP contribution >= 0.6 is 11.6 Å². The van der Waals surface area contributed by atoms with E-state index in [-0.39, 0.29) is 17.0 Å². The molecular weight excluding hydrogens is 511 g/mol. The van der Waals surface area contributed by atoms with Crippen molar-refractivity contribution < 1.29 is 18.7 Å². The molecule has 0 radical (unpaired) electrons. The molecule has 4 aromatic rings. The van der Waals surface area contributed by atoms with E-state index in [1.807, 2.05) is 19.2 Å². The van der Waals surface area contributed by atoms with Crippen LogP contribution in [0.4, 0.5) is 10.3 Å². The Balaban J connectivity index is 1.45. The Morgan fingerprint density at radius 3 is 2.76 bits per heavy atom. The van der Waals surface area contributed by atoms with Crippen LogP contribution < -0.4 is 15.4 Å². The lowest BCUT2D eigenvalue weighted by Crippen LogP contribution is -2.29. The highest BCUT2D eigenvalue weighted by atomic mass is 35.5. The summed E-state index contributed by atoms with van der Waals surface area (Å²) in [5.74, 6) is -0.136. The molecule has 198 valence electrons. The lowest BCUT2D eigenvalue weighted by Gasteiger charge is -2.23. The van der Waals surface area contributed by atoms with Gasteiger partial charge in [0.05, 0.1) is 35.3 Å². The van der Waals surface area contributed by atoms with Crippen molar-refractivity contribution in [1.82, 2.24) is 25.1 Å². The number of rotatable bonds is 8. The number of nitrogens with zero attached hydrogens (tertiary/aromatic N) is 4. The fourth-order valence-electron chi connectivity index (χ4n) is 4.45. The number of aromatic nitrogens is 4. The first-order valence-electron chi connectivity index (χ1n) is 12.4. The summed E-state index contributed by atoms with van der Waals surface area (Å²) >= 11 is 6.38. The predicted molar refractivity (Wildman–Crippen MR) is 142 cm³/mol. The Hall–Kier alpha value is -3.76. The van der Waals surface area contributed by atoms with Crippen molar-refractivity contribution in [1.29, 1.82) is 0 Å². The summed E-state index contributed by atoms with van der Waals surface area (Å²) in [5.41, 5.74) is 1.96. The topological polar surface area (TPSA) is 103 Å². The summed E-state index contributed by atoms with van der Waals surface area (Å²) in [6.45, 7) is 3.98. The van der Waals surface area contributed by atoms with Gasteiger partial charge in [0.25, 0.3) is 5.91 Å². The van der Waals surface area contributed by atoms with Crippen molar-refractivity contribution in [3.8, 4) is 5.75 Å². The molecule has 2 aromatic carbocycles. The van der Waals surface area contributed by atoms with Crippen molar-refractivity contribution >= 4 is 34.4 Å². The lowest BCUT2D eigenvalue weighted by atomic mass is 10.0. The first-order valence-corrected chi connectivity index (χ1v) is 12.8. The molecular formula is C27H28ClFN6O3. The number of benzene rings is 2. The molecule has 1 aliphatic rings. The van der Waals surface area contributed by atoms with E-state index in [9.17, 15) is 4.79 Å². The molecule has 38 heavy (non-hydrogen) atoms. The minimum atomic E-state index is -0.582. The van der Waals surface area contributed by atoms with Crippen LogP contribution in [0.3, 0.4) is 0 Å². The number of carbonyl (C=O) groups is 1. The fourth-order valence-corrected chi connectivity index (χ4v) is 4.72. The molecule has 2 aromatic heterocycles. The number of amides is 1. The third-order valence-corrected chi connectivity index (χ3v) is 6.86. The maximum Gasteiger partial charge on any atom is 0.252 e. The number of hydrogen-bond donors (Lipinski definition) is 2. The van der Waals surface area contributed by atoms with Gasteiger partial charge in [-0.2, -0.15) is 5.10 Å². The highest BCUT2D eigenvalue weighted by Crippen LogP contribution is 2.31. The molecule has 0 saturated carbocycles. The molecule has 1 aliphatic heterocycles. The van der Waals surface area contributed by atoms with Crippen molar-refractivity contribution in [2.45, 2.75) is 38.4 Å². The van der Waals surface area contributed by atoms with Gasteiger partial charge in [-0.15, -0.1) is 0 Å². The number of fused-ring (bicyclic) bond motifs is 1. The Morgan fingerprint density at radius 1 is 1.24 bits per heavy atom. The molecule has 0 aliphatic carbocycles. The fraction of sp³-hybridized carbons (Fsp3) is 0.333. The maximum atomic E-state index is 15.0. The monoisotopic (exact) mass is 538 g/mol. The zero-order valence-corrected chi connectivity index (χ0v) is 21.8. The lowest BCUT2D eigenvalue weighted by molar-refractivity contribution is 0.0903. The minimum absolute atomic E-state index is 0.137. The van der Waals surface area contributed by atoms with Crippen molar-refractivity contribution in [2.75, 3.05) is 25.6 Å². The third-order valence-electron chi connectivity index (χ3n) is 6.56. The van der Waals surface area contributed by atoms with Gasteiger partial charge in [-0.1, -0.05) is 17.7 Å². The average molecular weight is 539 g/mol. The SMILES string of the molecule is CCn1cc(C(NC(=O)c2cc(F)c3cnc(NC4CCOCC4)nc3c2)c2ccc(OC)c(Cl)c2)cn1. The molecule has 5 rings (SSSR count). The number of aryl methyl sites for hydroxylation is 1. The number of ether oxygens (including phenoxy) is 2. The van der Waals surface area contributed by atoms with E-state index >= 15 is 4.39 Å². The molecule has 1 fully saturated rings. The average Bonchev–Trinajstić information content (AvgIpc) is 3.41. The van der Waals surface area contributed by atoms with E-state index in [1.54, 1.807) is 29.1 Å². The maximum absolute atomic E-state index is 15.0. The van der Waals surface area contributed by atoms with E-state index in [0.717, 1.165) is 24.0 Å². The first-order chi connectivity index (χ1) is 18.4. The van der Waals surface area contributed by atoms with Gasteiger partial charge in [-0.05, 0) is 49.6 Å². The normalized spacial score (nSPS) is 14.8. The van der Waals surface area contributed by atoms with Crippen LogP contribution in [0.2, 0.25) is 5.02 Å². The zero-order chi connectivity index (χ0) is 26.6. The zero-order valence-electron chi connectivity index (χ0n) is 21.1. The summed E-state index contributed by atoms with van der Waals surface area (Å²) in [4.78, 5) is 22.2. The number of hydrogen-bond acceptors (Lipinski definition) is 7. The molecule has 0 bridgehead atoms. The third kappa shape index (κ3) is 5.56. The van der Waals surface area contributed by atoms with Crippen molar-refractivity contribution in [3.05, 3.63) is 76.5 Å². The molecule has 1 saturated heterocycles. The van der Waals surface area contributed by atoms with Gasteiger partial charge in [-0.3, -0.25) is 9.48 Å². The van der Waals surface area contributed by atoms with Gasteiger partial charge in [0.1, 0.15) is 11.6 Å². The van der Waals surface area contributed by atoms with Crippen LogP contribution in [0.5, 0.6) is 5.75 Å². The molecule has 2 N–H and O–H groups in total. The molecule has 9 nitrogen and oxygen atoms in total. The second kappa shape index (κ2) is 11.3. The molecule has 11 heteroatoms. The summed E-state index contributed by atoms with van der Waals surface area (Å²) in [6.07, 6.45) is 6.65. The molecule has 0 spiro atoms. The number of nitrogens with one attached hydrogen (secondary N) is 2. The van der Waals surface area contributed by atoms with E-state index < -0.39 is 17.8 Å². The highest BCUT2D eigenvalue weighted by molar-refractivity contribution is 6.32. The molecule has 3 heterocycles. The Kier molecular flexibility index (Phi) is 7.71. The Labute approximate surface area is 224 Å². The summed E-state index contributed by atoms with van der Waals surface area (Å²) < 4.78 is 27.4. The molecule has 1 amide bonds. The van der Waals surface area contributed by atoms with Crippen LogP contribution in [0, 0.1) is 5.82 Å². The second-order valence-electron chi connectivity index (χ2n) is 9.05. The van der Waals surface area contributed by atoms with Crippen LogP contribution in [0.15, 0.2) is 48.9 Å². The Bertz CT molecular complexity index is 1460. The van der Waals surface area contributed by atoms with Gasteiger partial charge in [-0.25, -0.2) is 14.4 Å². The van der Waals surface area contributed by atoms with Crippen molar-refractivity contribution in [3.63, 3.8) is 0 Å². The number of methoxy groups -OCH3 is 1. The number of halogens is 2. The predicted octanol–water partition coefficient (Wildman–Crippen LogP) is 4.76. The standard InChI is InChI=1S/C27H28ClFN6O3/c1-3-35-15-18(13-31-35)25(16-4-5-24(37-2)21(28)10-16)34-26(36)17-11-22(29)20-14-30-27(33-23(20)12-17)32-19-6-8-38-9-7-19/h4-5,10-15,19,25H,3,6-9H2,1-2H3,(H,34,36)(H,30,32,33). The van der Waals surface area contributed by atoms with Gasteiger partial charge >= 0.3 is 0 Å². The minimum Gasteiger partial charge on any atom is -0.495 e. The largest absolute Gasteiger partial charge is 0.495 e. The van der Waals surface area contributed by atoms with E-state index in [0.29, 0.717) is 42.0 Å². The smallest absolute Gasteiger partial charge is 0.252 e. The number of anilines is 1. The van der Waals surface area contributed by atoms with Gasteiger partial charge in [0.2, 0.25) is 5.95 Å². The quantitative estimate of drug-likeness (QED) is 0.333. The van der Waals surface area contributed by atoms with Crippen LogP contribution in [0.1, 0.15) is 47.3 Å². The van der Waals surface area contributed by atoms with Crippen molar-refractivity contribution in [2.24, 2.45) is 0 Å². The molecule has 1 atom stereocenters. The summed E-state index contributed by atoms with van der Waals surface area (Å²) in [7, 11) is 1.54. The van der Waals surface area contributed by atoms with Gasteiger partial charge < -0.3 is 20.1 Å². The highest BCUT2D eigenvalue weighted by Gasteiger charge is 2.22. The van der Waals surface area contributed by atoms with E-state index in [4.69, 9.17) is 21.1 Å². The first kappa shape index (κ1) is 25.9. The summed E-state index contributed by atoms with van der Waals surface area (Å²) in [6, 6.07) is 7.65. The second-order valence-corrected chi connectivity index (χ2v) is 9.45. The van der Waals surface area contributed by atoms with Crippen LogP contribution in [-0.4, -0.2) is 52.0 Å². The van der Waals surface area contributed by atoms with E-state index in [1.165, 1.54) is 19.4 Å². The molecule has 1 unspecified atom stereocenters. The number of carbonyl (C=O) groups excluding carboxylic acids is 1. The van der Waals surface area contributed by atoms with Gasteiger partial charge in [0.15, 0.2) is 0 Å².